The van der Waals surface area contributed by atoms with Crippen LogP contribution in [-0.4, -0.2) is 55.3 Å². The molecule has 1 aromatic carbocycles. The maximum Gasteiger partial charge on any atom is 0.422 e. The lowest BCUT2D eigenvalue weighted by Gasteiger charge is -2.24. The average Bonchev–Trinajstić information content (AvgIpc) is 2.82. The van der Waals surface area contributed by atoms with E-state index in [1.807, 2.05) is 0 Å². The Morgan fingerprint density at radius 2 is 1.89 bits per heavy atom. The van der Waals surface area contributed by atoms with Crippen molar-refractivity contribution in [2.24, 2.45) is 0 Å². The van der Waals surface area contributed by atoms with E-state index in [0.717, 1.165) is 0 Å². The molecule has 0 fully saturated rings. The molecule has 206 valence electrons. The second kappa shape index (κ2) is 13.1. The Hall–Kier alpha value is -2.81. The third kappa shape index (κ3) is 8.62. The molecular weight excluding hydrogens is 543 g/mol. The predicted molar refractivity (Wildman–Crippen MR) is 128 cm³/mol. The van der Waals surface area contributed by atoms with Crippen LogP contribution < -0.4 is 14.2 Å². The first kappa shape index (κ1) is 30.4. The first-order valence-electron chi connectivity index (χ1n) is 11.0. The van der Waals surface area contributed by atoms with Crippen molar-refractivity contribution in [1.82, 2.24) is 14.0 Å². The zero-order chi connectivity index (χ0) is 27.8. The van der Waals surface area contributed by atoms with Gasteiger partial charge in [-0.15, -0.1) is 0 Å². The average molecular weight is 570 g/mol. The summed E-state index contributed by atoms with van der Waals surface area (Å²) in [5.74, 6) is -0.309. The molecule has 2 rings (SSSR count). The Morgan fingerprint density at radius 3 is 2.43 bits per heavy atom. The summed E-state index contributed by atoms with van der Waals surface area (Å²) in [6.45, 7) is 3.20. The molecule has 0 aliphatic heterocycles. The maximum atomic E-state index is 13.0. The molecule has 0 radical (unpaired) electrons. The number of carboxylic acid groups (broad SMARTS) is 1. The standard InChI is InChI=1S/C22H27ClF3N3O7S/c1-4-16(5-2)28-37(32,33)29(21(30)31)13-14-6-7-17(35-9-8-34-3)11-19(14)36-20-18(23)10-15(12-27-20)22(24,25)26/h6-7,10-12,16,28H,4-5,8-9,13H2,1-3H3,(H,30,31). The first-order valence-corrected chi connectivity index (χ1v) is 12.8. The molecule has 1 aromatic heterocycles. The number of nitrogens with zero attached hydrogens (tertiary/aromatic N) is 2. The van der Waals surface area contributed by atoms with Gasteiger partial charge < -0.3 is 19.3 Å². The second-order valence-electron chi connectivity index (χ2n) is 7.65. The summed E-state index contributed by atoms with van der Waals surface area (Å²) < 4.78 is 83.1. The lowest BCUT2D eigenvalue weighted by Crippen LogP contribution is -2.46. The number of benzene rings is 1. The highest BCUT2D eigenvalue weighted by atomic mass is 35.5. The first-order chi connectivity index (χ1) is 17.3. The van der Waals surface area contributed by atoms with E-state index in [4.69, 9.17) is 25.8 Å². The van der Waals surface area contributed by atoms with Crippen LogP contribution in [0.3, 0.4) is 0 Å². The number of halogens is 4. The van der Waals surface area contributed by atoms with E-state index < -0.39 is 51.5 Å². The molecule has 15 heteroatoms. The van der Waals surface area contributed by atoms with Crippen molar-refractivity contribution in [3.05, 3.63) is 46.6 Å². The summed E-state index contributed by atoms with van der Waals surface area (Å²) in [5.41, 5.74) is -1.05. The lowest BCUT2D eigenvalue weighted by molar-refractivity contribution is -0.137. The predicted octanol–water partition coefficient (Wildman–Crippen LogP) is 5.07. The Morgan fingerprint density at radius 1 is 1.22 bits per heavy atom. The molecule has 0 spiro atoms. The van der Waals surface area contributed by atoms with Crippen LogP contribution in [0.15, 0.2) is 30.5 Å². The minimum absolute atomic E-state index is 0.0502. The molecule has 0 aliphatic rings. The van der Waals surface area contributed by atoms with Gasteiger partial charge in [0.25, 0.3) is 0 Å². The number of methoxy groups -OCH3 is 1. The topological polar surface area (TPSA) is 127 Å². The van der Waals surface area contributed by atoms with Gasteiger partial charge in [0.2, 0.25) is 5.88 Å². The molecule has 2 aromatic rings. The zero-order valence-electron chi connectivity index (χ0n) is 20.2. The Kier molecular flexibility index (Phi) is 10.8. The van der Waals surface area contributed by atoms with Crippen LogP contribution in [0.1, 0.15) is 37.8 Å². The lowest BCUT2D eigenvalue weighted by atomic mass is 10.2. The van der Waals surface area contributed by atoms with Gasteiger partial charge in [-0.1, -0.05) is 25.4 Å². The Balaban J connectivity index is 2.47. The van der Waals surface area contributed by atoms with Crippen molar-refractivity contribution in [1.29, 1.82) is 0 Å². The van der Waals surface area contributed by atoms with Gasteiger partial charge in [-0.25, -0.2) is 9.78 Å². The molecule has 0 aliphatic carbocycles. The molecule has 10 nitrogen and oxygen atoms in total. The largest absolute Gasteiger partial charge is 0.491 e. The van der Waals surface area contributed by atoms with Crippen LogP contribution in [0.4, 0.5) is 18.0 Å². The summed E-state index contributed by atoms with van der Waals surface area (Å²) >= 11 is 5.95. The molecular formula is C22H27ClF3N3O7S. The van der Waals surface area contributed by atoms with Gasteiger partial charge in [-0.2, -0.15) is 30.6 Å². The van der Waals surface area contributed by atoms with Crippen LogP contribution in [0, 0.1) is 0 Å². The molecule has 2 N–H and O–H groups in total. The third-order valence-corrected chi connectivity index (χ3v) is 6.82. The minimum Gasteiger partial charge on any atom is -0.491 e. The van der Waals surface area contributed by atoms with Gasteiger partial charge in [0.05, 0.1) is 18.7 Å². The Bertz CT molecular complexity index is 1180. The Labute approximate surface area is 217 Å². The molecule has 0 atom stereocenters. The van der Waals surface area contributed by atoms with Gasteiger partial charge in [0.1, 0.15) is 23.1 Å². The number of hydrogen-bond donors (Lipinski definition) is 2. The van der Waals surface area contributed by atoms with Crippen molar-refractivity contribution in [3.63, 3.8) is 0 Å². The zero-order valence-corrected chi connectivity index (χ0v) is 21.8. The molecule has 0 saturated carbocycles. The van der Waals surface area contributed by atoms with Gasteiger partial charge >= 0.3 is 22.5 Å². The number of aromatic nitrogens is 1. The molecule has 0 saturated heterocycles. The highest BCUT2D eigenvalue weighted by molar-refractivity contribution is 7.87. The fourth-order valence-corrected chi connectivity index (χ4v) is 4.59. The van der Waals surface area contributed by atoms with Gasteiger partial charge in [-0.05, 0) is 31.0 Å². The smallest absolute Gasteiger partial charge is 0.422 e. The van der Waals surface area contributed by atoms with Crippen molar-refractivity contribution < 1.29 is 45.7 Å². The number of pyridine rings is 1. The van der Waals surface area contributed by atoms with Crippen molar-refractivity contribution in [3.8, 4) is 17.4 Å². The van der Waals surface area contributed by atoms with Gasteiger partial charge in [0, 0.05) is 31.0 Å². The molecule has 37 heavy (non-hydrogen) atoms. The minimum atomic E-state index is -4.69. The molecule has 0 bridgehead atoms. The summed E-state index contributed by atoms with van der Waals surface area (Å²) in [4.78, 5) is 15.5. The number of carbonyl (C=O) groups is 1. The van der Waals surface area contributed by atoms with Crippen molar-refractivity contribution in [2.45, 2.75) is 45.5 Å². The van der Waals surface area contributed by atoms with Crippen LogP contribution >= 0.6 is 11.6 Å². The number of alkyl halides is 3. The van der Waals surface area contributed by atoms with E-state index in [1.165, 1.54) is 25.3 Å². The summed E-state index contributed by atoms with van der Waals surface area (Å²) in [5, 5.41) is 9.18. The quantitative estimate of drug-likeness (QED) is 0.320. The fourth-order valence-electron chi connectivity index (χ4n) is 2.99. The highest BCUT2D eigenvalue weighted by Gasteiger charge is 2.33. The van der Waals surface area contributed by atoms with E-state index in [-0.39, 0.29) is 34.6 Å². The summed E-state index contributed by atoms with van der Waals surface area (Å²) in [6.07, 6.45) is -5.05. The SMILES string of the molecule is CCC(CC)NS(=O)(=O)N(Cc1ccc(OCCOC)cc1Oc1ncc(C(F)(F)F)cc1Cl)C(=O)O. The number of rotatable bonds is 13. The third-order valence-electron chi connectivity index (χ3n) is 5.05. The van der Waals surface area contributed by atoms with Crippen molar-refractivity contribution in [2.75, 3.05) is 20.3 Å². The number of ether oxygens (including phenoxy) is 3. The van der Waals surface area contributed by atoms with E-state index in [1.54, 1.807) is 13.8 Å². The van der Waals surface area contributed by atoms with Crippen LogP contribution in [0.2, 0.25) is 5.02 Å². The number of nitrogens with one attached hydrogen (secondary N) is 1. The van der Waals surface area contributed by atoms with Crippen LogP contribution in [-0.2, 0) is 27.7 Å². The summed E-state index contributed by atoms with van der Waals surface area (Å²) in [7, 11) is -3.01. The highest BCUT2D eigenvalue weighted by Crippen LogP contribution is 2.37. The van der Waals surface area contributed by atoms with E-state index in [9.17, 15) is 31.5 Å². The van der Waals surface area contributed by atoms with Crippen molar-refractivity contribution >= 4 is 27.9 Å². The van der Waals surface area contributed by atoms with E-state index >= 15 is 0 Å². The normalized spacial score (nSPS) is 12.0. The van der Waals surface area contributed by atoms with Crippen LogP contribution in [0.5, 0.6) is 17.4 Å². The van der Waals surface area contributed by atoms with Crippen LogP contribution in [0.25, 0.3) is 0 Å². The maximum absolute atomic E-state index is 13.0. The molecule has 1 amide bonds. The number of amides is 1. The van der Waals surface area contributed by atoms with E-state index in [0.29, 0.717) is 25.1 Å². The monoisotopic (exact) mass is 569 g/mol. The van der Waals surface area contributed by atoms with E-state index in [2.05, 4.69) is 9.71 Å². The molecule has 0 unspecified atom stereocenters. The fraction of sp³-hybridized carbons (Fsp3) is 0.455. The number of hydrogen-bond acceptors (Lipinski definition) is 7. The van der Waals surface area contributed by atoms with Gasteiger partial charge in [-0.3, -0.25) is 0 Å². The summed E-state index contributed by atoms with van der Waals surface area (Å²) in [6, 6.07) is 4.24. The molecule has 1 heterocycles. The second-order valence-corrected chi connectivity index (χ2v) is 9.68. The van der Waals surface area contributed by atoms with Gasteiger partial charge in [0.15, 0.2) is 0 Å².